The highest BCUT2D eigenvalue weighted by molar-refractivity contribution is 7.22. The minimum atomic E-state index is -0.646. The van der Waals surface area contributed by atoms with Gasteiger partial charge in [-0.15, -0.1) is 0 Å². The Kier molecular flexibility index (Phi) is 4.40. The highest BCUT2D eigenvalue weighted by Crippen LogP contribution is 2.32. The van der Waals surface area contributed by atoms with E-state index in [9.17, 15) is 14.9 Å². The summed E-state index contributed by atoms with van der Waals surface area (Å²) in [7, 11) is 0. The maximum atomic E-state index is 12.4. The molecule has 0 bridgehead atoms. The molecule has 0 aliphatic heterocycles. The number of aromatic nitrogens is 1. The number of thiazole rings is 1. The van der Waals surface area contributed by atoms with Crippen LogP contribution < -0.4 is 5.32 Å². The van der Waals surface area contributed by atoms with Gasteiger partial charge >= 0.3 is 0 Å². The van der Waals surface area contributed by atoms with Crippen LogP contribution in [0.2, 0.25) is 10.0 Å². The summed E-state index contributed by atoms with van der Waals surface area (Å²) in [5, 5.41) is 14.8. The first kappa shape index (κ1) is 16.6. The van der Waals surface area contributed by atoms with Crippen LogP contribution in [0.15, 0.2) is 30.3 Å². The number of nitrogens with zero attached hydrogens (tertiary/aromatic N) is 2. The van der Waals surface area contributed by atoms with Gasteiger partial charge < -0.3 is 0 Å². The van der Waals surface area contributed by atoms with Crippen LogP contribution in [0.4, 0.5) is 10.8 Å². The van der Waals surface area contributed by atoms with Crippen LogP contribution in [-0.2, 0) is 0 Å². The number of amides is 1. The molecule has 1 heterocycles. The van der Waals surface area contributed by atoms with E-state index in [-0.39, 0.29) is 16.3 Å². The van der Waals surface area contributed by atoms with Gasteiger partial charge in [-0.3, -0.25) is 20.2 Å². The minimum absolute atomic E-state index is 0.124. The van der Waals surface area contributed by atoms with Gasteiger partial charge in [-0.25, -0.2) is 4.98 Å². The molecule has 1 amide bonds. The lowest BCUT2D eigenvalue weighted by Crippen LogP contribution is -2.13. The van der Waals surface area contributed by atoms with E-state index in [1.807, 2.05) is 6.92 Å². The largest absolute Gasteiger partial charge is 0.298 e. The van der Waals surface area contributed by atoms with Crippen molar-refractivity contribution in [3.63, 3.8) is 0 Å². The van der Waals surface area contributed by atoms with Gasteiger partial charge in [0.15, 0.2) is 5.13 Å². The van der Waals surface area contributed by atoms with Crippen molar-refractivity contribution in [2.24, 2.45) is 0 Å². The highest BCUT2D eigenvalue weighted by Gasteiger charge is 2.21. The van der Waals surface area contributed by atoms with Gasteiger partial charge in [-0.2, -0.15) is 0 Å². The molecule has 1 N–H and O–H groups in total. The molecular formula is C15H9Cl2N3O3S. The summed E-state index contributed by atoms with van der Waals surface area (Å²) in [4.78, 5) is 27.2. The molecule has 0 saturated carbocycles. The Morgan fingerprint density at radius 3 is 2.71 bits per heavy atom. The Bertz CT molecular complexity index is 987. The first-order valence-electron chi connectivity index (χ1n) is 6.67. The monoisotopic (exact) mass is 381 g/mol. The average molecular weight is 382 g/mol. The van der Waals surface area contributed by atoms with Gasteiger partial charge in [0.25, 0.3) is 11.6 Å². The molecule has 1 aromatic heterocycles. The fourth-order valence-electron chi connectivity index (χ4n) is 2.22. The standard InChI is InChI=1S/C15H9Cl2N3O3S/c1-7-4-9(17)6-12-13(7)18-15(24-12)19-14(21)10-5-8(16)2-3-11(10)20(22)23/h2-6H,1H3,(H,18,19,21). The lowest BCUT2D eigenvalue weighted by atomic mass is 10.1. The number of nitro benzene ring substituents is 1. The fraction of sp³-hybridized carbons (Fsp3) is 0.0667. The van der Waals surface area contributed by atoms with Crippen molar-refractivity contribution < 1.29 is 9.72 Å². The molecule has 9 heteroatoms. The zero-order valence-electron chi connectivity index (χ0n) is 12.2. The smallest absolute Gasteiger partial charge is 0.282 e. The number of aryl methyl sites for hydroxylation is 1. The van der Waals surface area contributed by atoms with Gasteiger partial charge in [-0.1, -0.05) is 34.5 Å². The quantitative estimate of drug-likeness (QED) is 0.506. The number of nitrogens with one attached hydrogen (secondary N) is 1. The van der Waals surface area contributed by atoms with Crippen LogP contribution in [0, 0.1) is 17.0 Å². The van der Waals surface area contributed by atoms with E-state index >= 15 is 0 Å². The number of anilines is 1. The van der Waals surface area contributed by atoms with Crippen molar-refractivity contribution >= 4 is 61.5 Å². The molecule has 3 aromatic rings. The van der Waals surface area contributed by atoms with E-state index in [1.54, 1.807) is 12.1 Å². The average Bonchev–Trinajstić information content (AvgIpc) is 2.89. The SMILES string of the molecule is Cc1cc(Cl)cc2sc(NC(=O)c3cc(Cl)ccc3[N+](=O)[O-])nc12. The predicted octanol–water partition coefficient (Wildman–Crippen LogP) is 5.07. The van der Waals surface area contributed by atoms with Crippen LogP contribution in [0.5, 0.6) is 0 Å². The molecular weight excluding hydrogens is 373 g/mol. The number of carbonyl (C=O) groups is 1. The molecule has 0 aliphatic carbocycles. The second-order valence-electron chi connectivity index (χ2n) is 4.96. The molecule has 6 nitrogen and oxygen atoms in total. The first-order chi connectivity index (χ1) is 11.3. The summed E-state index contributed by atoms with van der Waals surface area (Å²) in [5.41, 5.74) is 1.15. The number of hydrogen-bond donors (Lipinski definition) is 1. The second kappa shape index (κ2) is 6.35. The third kappa shape index (κ3) is 3.19. The topological polar surface area (TPSA) is 85.1 Å². The maximum absolute atomic E-state index is 12.4. The van der Waals surface area contributed by atoms with E-state index in [0.29, 0.717) is 10.2 Å². The zero-order chi connectivity index (χ0) is 17.4. The van der Waals surface area contributed by atoms with Crippen molar-refractivity contribution in [2.45, 2.75) is 6.92 Å². The summed E-state index contributed by atoms with van der Waals surface area (Å²) in [6.07, 6.45) is 0. The Labute approximate surface area is 150 Å². The molecule has 0 spiro atoms. The summed E-state index contributed by atoms with van der Waals surface area (Å²) in [6, 6.07) is 7.33. The third-order valence-corrected chi connectivity index (χ3v) is 4.64. The molecule has 0 saturated heterocycles. The van der Waals surface area contributed by atoms with E-state index in [1.165, 1.54) is 29.5 Å². The molecule has 0 fully saturated rings. The van der Waals surface area contributed by atoms with Crippen molar-refractivity contribution in [3.8, 4) is 0 Å². The fourth-order valence-corrected chi connectivity index (χ4v) is 3.71. The van der Waals surface area contributed by atoms with Gasteiger partial charge in [-0.05, 0) is 36.8 Å². The lowest BCUT2D eigenvalue weighted by Gasteiger charge is -2.03. The summed E-state index contributed by atoms with van der Waals surface area (Å²) in [5.74, 6) is -0.646. The molecule has 24 heavy (non-hydrogen) atoms. The van der Waals surface area contributed by atoms with Crippen molar-refractivity contribution in [1.82, 2.24) is 4.98 Å². The van der Waals surface area contributed by atoms with Crippen molar-refractivity contribution in [2.75, 3.05) is 5.32 Å². The van der Waals surface area contributed by atoms with Crippen LogP contribution >= 0.6 is 34.5 Å². The van der Waals surface area contributed by atoms with Crippen LogP contribution in [-0.4, -0.2) is 15.8 Å². The maximum Gasteiger partial charge on any atom is 0.282 e. The van der Waals surface area contributed by atoms with E-state index in [0.717, 1.165) is 15.8 Å². The molecule has 122 valence electrons. The third-order valence-electron chi connectivity index (χ3n) is 3.27. The Morgan fingerprint density at radius 2 is 2.00 bits per heavy atom. The molecule has 0 aliphatic rings. The number of halogens is 2. The summed E-state index contributed by atoms with van der Waals surface area (Å²) >= 11 is 13.1. The minimum Gasteiger partial charge on any atom is -0.298 e. The van der Waals surface area contributed by atoms with Gasteiger partial charge in [0.1, 0.15) is 5.56 Å². The number of fused-ring (bicyclic) bond motifs is 1. The van der Waals surface area contributed by atoms with Gasteiger partial charge in [0.2, 0.25) is 0 Å². The predicted molar refractivity (Wildman–Crippen MR) is 95.4 cm³/mol. The highest BCUT2D eigenvalue weighted by atomic mass is 35.5. The zero-order valence-corrected chi connectivity index (χ0v) is 14.5. The molecule has 2 aromatic carbocycles. The van der Waals surface area contributed by atoms with E-state index in [4.69, 9.17) is 23.2 Å². The number of benzene rings is 2. The van der Waals surface area contributed by atoms with Gasteiger partial charge in [0, 0.05) is 16.1 Å². The number of hydrogen-bond acceptors (Lipinski definition) is 5. The first-order valence-corrected chi connectivity index (χ1v) is 8.24. The van der Waals surface area contributed by atoms with Crippen LogP contribution in [0.25, 0.3) is 10.2 Å². The molecule has 0 unspecified atom stereocenters. The Morgan fingerprint density at radius 1 is 1.25 bits per heavy atom. The van der Waals surface area contributed by atoms with E-state index < -0.39 is 10.8 Å². The lowest BCUT2D eigenvalue weighted by molar-refractivity contribution is -0.385. The van der Waals surface area contributed by atoms with Crippen LogP contribution in [0.1, 0.15) is 15.9 Å². The number of rotatable bonds is 3. The van der Waals surface area contributed by atoms with Gasteiger partial charge in [0.05, 0.1) is 15.1 Å². The Balaban J connectivity index is 1.97. The van der Waals surface area contributed by atoms with Crippen molar-refractivity contribution in [1.29, 1.82) is 0 Å². The normalized spacial score (nSPS) is 10.8. The summed E-state index contributed by atoms with van der Waals surface area (Å²) in [6.45, 7) is 1.86. The number of carbonyl (C=O) groups excluding carboxylic acids is 1. The number of nitro groups is 1. The molecule has 3 rings (SSSR count). The second-order valence-corrected chi connectivity index (χ2v) is 6.86. The Hall–Kier alpha value is -2.22. The summed E-state index contributed by atoms with van der Waals surface area (Å²) < 4.78 is 0.816. The van der Waals surface area contributed by atoms with Crippen molar-refractivity contribution in [3.05, 3.63) is 61.6 Å². The molecule has 0 radical (unpaired) electrons. The van der Waals surface area contributed by atoms with E-state index in [2.05, 4.69) is 10.3 Å². The van der Waals surface area contributed by atoms with Crippen LogP contribution in [0.3, 0.4) is 0 Å². The molecule has 0 atom stereocenters.